The van der Waals surface area contributed by atoms with Gasteiger partial charge in [-0.15, -0.1) is 0 Å². The zero-order valence-electron chi connectivity index (χ0n) is 19.5. The molecule has 170 valence electrons. The summed E-state index contributed by atoms with van der Waals surface area (Å²) in [5, 5.41) is 0. The molecule has 1 aliphatic carbocycles. The van der Waals surface area contributed by atoms with Crippen LogP contribution in [0.2, 0.25) is 0 Å². The molecule has 0 N–H and O–H groups in total. The van der Waals surface area contributed by atoms with Crippen molar-refractivity contribution in [3.63, 3.8) is 0 Å². The van der Waals surface area contributed by atoms with Crippen LogP contribution < -0.4 is 0 Å². The minimum absolute atomic E-state index is 0.164. The number of hydrogen-bond acceptors (Lipinski definition) is 4. The first-order valence-corrected chi connectivity index (χ1v) is 12.4. The number of ether oxygens (including phenoxy) is 2. The highest BCUT2D eigenvalue weighted by molar-refractivity contribution is 5.82. The van der Waals surface area contributed by atoms with Crippen molar-refractivity contribution in [1.82, 2.24) is 0 Å². The summed E-state index contributed by atoms with van der Waals surface area (Å²) in [5.74, 6) is -0.653. The van der Waals surface area contributed by atoms with E-state index in [1.165, 1.54) is 25.7 Å². The Morgan fingerprint density at radius 3 is 1.79 bits per heavy atom. The Kier molecular flexibility index (Phi) is 14.1. The summed E-state index contributed by atoms with van der Waals surface area (Å²) < 4.78 is 11.4. The average Bonchev–Trinajstić information content (AvgIpc) is 2.86. The molecule has 1 fully saturated rings. The molecule has 0 saturated heterocycles. The summed E-state index contributed by atoms with van der Waals surface area (Å²) in [7, 11) is 0. The Morgan fingerprint density at radius 2 is 1.28 bits per heavy atom. The van der Waals surface area contributed by atoms with Crippen LogP contribution in [0.5, 0.6) is 0 Å². The predicted octanol–water partition coefficient (Wildman–Crippen LogP) is 6.70. The van der Waals surface area contributed by atoms with E-state index in [9.17, 15) is 9.59 Å². The van der Waals surface area contributed by atoms with Gasteiger partial charge in [0, 0.05) is 0 Å². The zero-order valence-corrected chi connectivity index (χ0v) is 19.5. The summed E-state index contributed by atoms with van der Waals surface area (Å²) in [4.78, 5) is 26.2. The van der Waals surface area contributed by atoms with Crippen LogP contribution in [-0.2, 0) is 19.1 Å². The summed E-state index contributed by atoms with van der Waals surface area (Å²) in [6.07, 6.45) is 13.7. The van der Waals surface area contributed by atoms with Crippen LogP contribution in [-0.4, -0.2) is 25.2 Å². The van der Waals surface area contributed by atoms with Gasteiger partial charge in [-0.2, -0.15) is 0 Å². The smallest absolute Gasteiger partial charge is 0.310 e. The summed E-state index contributed by atoms with van der Waals surface area (Å²) in [6, 6.07) is 0. The second kappa shape index (κ2) is 15.7. The molecule has 4 atom stereocenters. The van der Waals surface area contributed by atoms with Crippen LogP contribution in [0, 0.1) is 23.7 Å². The van der Waals surface area contributed by atoms with E-state index in [2.05, 4.69) is 27.7 Å². The second-order valence-corrected chi connectivity index (χ2v) is 8.96. The average molecular weight is 411 g/mol. The highest BCUT2D eigenvalue weighted by atomic mass is 16.5. The van der Waals surface area contributed by atoms with Crippen LogP contribution in [0.3, 0.4) is 0 Å². The van der Waals surface area contributed by atoms with E-state index >= 15 is 0 Å². The molecule has 0 heterocycles. The molecular weight excluding hydrogens is 364 g/mol. The van der Waals surface area contributed by atoms with Crippen molar-refractivity contribution in [3.8, 4) is 0 Å². The van der Waals surface area contributed by atoms with E-state index in [4.69, 9.17) is 9.47 Å². The molecule has 4 heteroatoms. The molecule has 0 aromatic heterocycles. The molecule has 1 rings (SSSR count). The van der Waals surface area contributed by atoms with E-state index in [0.717, 1.165) is 57.8 Å². The molecule has 0 aliphatic heterocycles. The van der Waals surface area contributed by atoms with Gasteiger partial charge in [0.15, 0.2) is 0 Å². The summed E-state index contributed by atoms with van der Waals surface area (Å²) in [5.41, 5.74) is 0. The quantitative estimate of drug-likeness (QED) is 0.182. The highest BCUT2D eigenvalue weighted by Crippen LogP contribution is 2.40. The minimum Gasteiger partial charge on any atom is -0.465 e. The molecule has 0 aromatic rings. The number of hydrogen-bond donors (Lipinski definition) is 0. The second-order valence-electron chi connectivity index (χ2n) is 8.96. The first-order chi connectivity index (χ1) is 14.1. The lowest BCUT2D eigenvalue weighted by molar-refractivity contribution is -0.165. The van der Waals surface area contributed by atoms with E-state index in [-0.39, 0.29) is 35.6 Å². The Morgan fingerprint density at radius 1 is 0.724 bits per heavy atom. The summed E-state index contributed by atoms with van der Waals surface area (Å²) >= 11 is 0. The maximum absolute atomic E-state index is 13.1. The fourth-order valence-electron chi connectivity index (χ4n) is 4.72. The van der Waals surface area contributed by atoms with Gasteiger partial charge in [-0.1, -0.05) is 79.1 Å². The standard InChI is InChI=1S/C25H46O4/c1-5-8-10-12-18-28-24(26)22-20(4)16-14-17-21(15-7-3)23(22)25(27)29-19-13-11-9-6-2/h20-23H,5-19H2,1-4H3. The number of esters is 2. The van der Waals surface area contributed by atoms with Crippen molar-refractivity contribution < 1.29 is 19.1 Å². The number of unbranched alkanes of at least 4 members (excludes halogenated alkanes) is 6. The van der Waals surface area contributed by atoms with Crippen molar-refractivity contribution in [2.75, 3.05) is 13.2 Å². The highest BCUT2D eigenvalue weighted by Gasteiger charge is 2.45. The van der Waals surface area contributed by atoms with E-state index in [0.29, 0.717) is 13.2 Å². The van der Waals surface area contributed by atoms with Crippen molar-refractivity contribution in [2.45, 2.75) is 111 Å². The lowest BCUT2D eigenvalue weighted by Gasteiger charge is -2.31. The third-order valence-corrected chi connectivity index (χ3v) is 6.43. The van der Waals surface area contributed by atoms with Gasteiger partial charge in [0.1, 0.15) is 0 Å². The number of rotatable bonds is 14. The van der Waals surface area contributed by atoms with Gasteiger partial charge in [-0.3, -0.25) is 9.59 Å². The first-order valence-electron chi connectivity index (χ1n) is 12.4. The molecule has 1 saturated carbocycles. The van der Waals surface area contributed by atoms with Gasteiger partial charge in [-0.05, 0) is 43.9 Å². The first kappa shape index (κ1) is 26.0. The van der Waals surface area contributed by atoms with Gasteiger partial charge < -0.3 is 9.47 Å². The largest absolute Gasteiger partial charge is 0.465 e. The number of carbonyl (C=O) groups excluding carboxylic acids is 2. The fraction of sp³-hybridized carbons (Fsp3) is 0.920. The van der Waals surface area contributed by atoms with Crippen LogP contribution in [0.15, 0.2) is 0 Å². The minimum atomic E-state index is -0.358. The fourth-order valence-corrected chi connectivity index (χ4v) is 4.72. The Bertz CT molecular complexity index is 448. The normalized spacial score (nSPS) is 24.7. The monoisotopic (exact) mass is 410 g/mol. The number of carbonyl (C=O) groups is 2. The van der Waals surface area contributed by atoms with Crippen molar-refractivity contribution >= 4 is 11.9 Å². The van der Waals surface area contributed by atoms with E-state index < -0.39 is 0 Å². The molecule has 4 nitrogen and oxygen atoms in total. The maximum atomic E-state index is 13.1. The topological polar surface area (TPSA) is 52.6 Å². The molecule has 1 aliphatic rings. The predicted molar refractivity (Wildman–Crippen MR) is 119 cm³/mol. The lowest BCUT2D eigenvalue weighted by Crippen LogP contribution is -2.40. The van der Waals surface area contributed by atoms with Crippen molar-refractivity contribution in [2.24, 2.45) is 23.7 Å². The molecule has 0 amide bonds. The molecule has 0 spiro atoms. The Hall–Kier alpha value is -1.06. The molecule has 0 radical (unpaired) electrons. The van der Waals surface area contributed by atoms with Crippen LogP contribution in [0.25, 0.3) is 0 Å². The third kappa shape index (κ3) is 9.53. The Balaban J connectivity index is 2.80. The Labute approximate surface area is 179 Å². The summed E-state index contributed by atoms with van der Waals surface area (Å²) in [6.45, 7) is 9.56. The zero-order chi connectivity index (χ0) is 21.5. The third-order valence-electron chi connectivity index (χ3n) is 6.43. The van der Waals surface area contributed by atoms with E-state index in [1.54, 1.807) is 0 Å². The van der Waals surface area contributed by atoms with Crippen molar-refractivity contribution in [1.29, 1.82) is 0 Å². The van der Waals surface area contributed by atoms with Crippen LogP contribution in [0.4, 0.5) is 0 Å². The van der Waals surface area contributed by atoms with E-state index in [1.807, 2.05) is 0 Å². The molecule has 4 unspecified atom stereocenters. The van der Waals surface area contributed by atoms with Gasteiger partial charge in [0.25, 0.3) is 0 Å². The molecule has 0 bridgehead atoms. The lowest BCUT2D eigenvalue weighted by atomic mass is 9.75. The van der Waals surface area contributed by atoms with Gasteiger partial charge in [0.05, 0.1) is 25.0 Å². The molecule has 0 aromatic carbocycles. The van der Waals surface area contributed by atoms with Crippen LogP contribution in [0.1, 0.15) is 111 Å². The molecular formula is C25H46O4. The van der Waals surface area contributed by atoms with Gasteiger partial charge in [-0.25, -0.2) is 0 Å². The molecule has 29 heavy (non-hydrogen) atoms. The van der Waals surface area contributed by atoms with Gasteiger partial charge >= 0.3 is 11.9 Å². The SMILES string of the molecule is CCCCCCOC(=O)C1C(C)CCCC(CCC)C1C(=O)OCCCCCC. The van der Waals surface area contributed by atoms with Crippen molar-refractivity contribution in [3.05, 3.63) is 0 Å². The van der Waals surface area contributed by atoms with Crippen LogP contribution >= 0.6 is 0 Å². The maximum Gasteiger partial charge on any atom is 0.310 e. The van der Waals surface area contributed by atoms with Gasteiger partial charge in [0.2, 0.25) is 0 Å².